The highest BCUT2D eigenvalue weighted by Gasteiger charge is 2.11. The molecule has 106 valence electrons. The fourth-order valence-electron chi connectivity index (χ4n) is 2.36. The van der Waals surface area contributed by atoms with Crippen molar-refractivity contribution in [2.24, 2.45) is 0 Å². The number of para-hydroxylation sites is 2. The first-order valence-corrected chi connectivity index (χ1v) is 6.93. The zero-order valence-electron chi connectivity index (χ0n) is 11.8. The topological polar surface area (TPSA) is 59.8 Å². The van der Waals surface area contributed by atoms with E-state index in [1.807, 2.05) is 24.3 Å². The predicted octanol–water partition coefficient (Wildman–Crippen LogP) is 2.38. The van der Waals surface area contributed by atoms with Crippen LogP contribution in [0.4, 0.5) is 0 Å². The quantitative estimate of drug-likeness (QED) is 0.798. The van der Waals surface area contributed by atoms with Gasteiger partial charge in [-0.2, -0.15) is 0 Å². The fraction of sp³-hybridized carbons (Fsp3) is 0.188. The predicted molar refractivity (Wildman–Crippen MR) is 80.8 cm³/mol. The lowest BCUT2D eigenvalue weighted by atomic mass is 10.3. The van der Waals surface area contributed by atoms with E-state index in [-0.39, 0.29) is 5.91 Å². The molecule has 5 nitrogen and oxygen atoms in total. The van der Waals surface area contributed by atoms with Crippen LogP contribution in [-0.2, 0) is 13.1 Å². The number of pyridine rings is 1. The zero-order valence-corrected chi connectivity index (χ0v) is 11.8. The molecule has 2 aromatic heterocycles. The van der Waals surface area contributed by atoms with Gasteiger partial charge in [0.25, 0.3) is 5.91 Å². The Hall–Kier alpha value is -2.69. The smallest absolute Gasteiger partial charge is 0.270 e. The molecule has 0 radical (unpaired) electrons. The SMILES string of the molecule is CCn1c(CNC(=O)c2ccccn2)nc2ccccc21. The van der Waals surface area contributed by atoms with Gasteiger partial charge in [0.05, 0.1) is 17.6 Å². The molecule has 0 atom stereocenters. The van der Waals surface area contributed by atoms with Gasteiger partial charge in [-0.05, 0) is 31.2 Å². The number of hydrogen-bond acceptors (Lipinski definition) is 3. The maximum Gasteiger partial charge on any atom is 0.270 e. The van der Waals surface area contributed by atoms with Crippen molar-refractivity contribution in [3.8, 4) is 0 Å². The normalized spacial score (nSPS) is 10.7. The highest BCUT2D eigenvalue weighted by Crippen LogP contribution is 2.15. The van der Waals surface area contributed by atoms with E-state index in [2.05, 4.69) is 26.8 Å². The van der Waals surface area contributed by atoms with Crippen LogP contribution < -0.4 is 5.32 Å². The molecule has 1 N–H and O–H groups in total. The third kappa shape index (κ3) is 2.63. The average molecular weight is 280 g/mol. The van der Waals surface area contributed by atoms with Gasteiger partial charge in [-0.25, -0.2) is 4.98 Å². The van der Waals surface area contributed by atoms with Crippen molar-refractivity contribution < 1.29 is 4.79 Å². The number of hydrogen-bond donors (Lipinski definition) is 1. The Morgan fingerprint density at radius 3 is 2.76 bits per heavy atom. The van der Waals surface area contributed by atoms with Crippen molar-refractivity contribution >= 4 is 16.9 Å². The van der Waals surface area contributed by atoms with E-state index >= 15 is 0 Å². The average Bonchev–Trinajstić information content (AvgIpc) is 2.91. The van der Waals surface area contributed by atoms with E-state index < -0.39 is 0 Å². The van der Waals surface area contributed by atoms with Gasteiger partial charge < -0.3 is 9.88 Å². The number of benzene rings is 1. The number of amides is 1. The molecule has 3 rings (SSSR count). The summed E-state index contributed by atoms with van der Waals surface area (Å²) in [5.74, 6) is 0.660. The van der Waals surface area contributed by atoms with Crippen LogP contribution >= 0.6 is 0 Å². The van der Waals surface area contributed by atoms with Crippen molar-refractivity contribution in [1.82, 2.24) is 19.9 Å². The second kappa shape index (κ2) is 5.75. The molecule has 5 heteroatoms. The fourth-order valence-corrected chi connectivity index (χ4v) is 2.36. The van der Waals surface area contributed by atoms with E-state index in [0.717, 1.165) is 23.4 Å². The summed E-state index contributed by atoms with van der Waals surface area (Å²) in [7, 11) is 0. The maximum atomic E-state index is 12.0. The largest absolute Gasteiger partial charge is 0.343 e. The maximum absolute atomic E-state index is 12.0. The molecule has 0 aliphatic heterocycles. The Kier molecular flexibility index (Phi) is 3.64. The number of nitrogens with one attached hydrogen (secondary N) is 1. The van der Waals surface area contributed by atoms with Crippen molar-refractivity contribution in [3.05, 3.63) is 60.2 Å². The lowest BCUT2D eigenvalue weighted by Crippen LogP contribution is -2.25. The minimum atomic E-state index is -0.190. The van der Waals surface area contributed by atoms with Crippen LogP contribution in [0, 0.1) is 0 Å². The van der Waals surface area contributed by atoms with Crippen LogP contribution in [-0.4, -0.2) is 20.4 Å². The van der Waals surface area contributed by atoms with Crippen LogP contribution in [0.1, 0.15) is 23.2 Å². The summed E-state index contributed by atoms with van der Waals surface area (Å²) in [6.45, 7) is 3.27. The highest BCUT2D eigenvalue weighted by atomic mass is 16.1. The summed E-state index contributed by atoms with van der Waals surface area (Å²) in [5, 5.41) is 2.87. The lowest BCUT2D eigenvalue weighted by molar-refractivity contribution is 0.0944. The Balaban J connectivity index is 1.81. The minimum Gasteiger partial charge on any atom is -0.343 e. The number of carbonyl (C=O) groups is 1. The first kappa shape index (κ1) is 13.3. The van der Waals surface area contributed by atoms with Crippen molar-refractivity contribution in [2.45, 2.75) is 20.0 Å². The summed E-state index contributed by atoms with van der Waals surface area (Å²) in [6.07, 6.45) is 1.61. The van der Waals surface area contributed by atoms with Gasteiger partial charge in [-0.1, -0.05) is 18.2 Å². The lowest BCUT2D eigenvalue weighted by Gasteiger charge is -2.07. The summed E-state index contributed by atoms with van der Waals surface area (Å²) in [6, 6.07) is 13.2. The summed E-state index contributed by atoms with van der Waals surface area (Å²) < 4.78 is 2.11. The number of carbonyl (C=O) groups excluding carboxylic acids is 1. The van der Waals surface area contributed by atoms with Crippen LogP contribution in [0.25, 0.3) is 11.0 Å². The van der Waals surface area contributed by atoms with E-state index in [1.165, 1.54) is 0 Å². The Labute approximate surface area is 122 Å². The molecular formula is C16H16N4O. The number of rotatable bonds is 4. The van der Waals surface area contributed by atoms with Crippen LogP contribution in [0.15, 0.2) is 48.7 Å². The summed E-state index contributed by atoms with van der Waals surface area (Å²) in [4.78, 5) is 20.6. The third-order valence-electron chi connectivity index (χ3n) is 3.35. The molecule has 3 aromatic rings. The molecule has 0 fully saturated rings. The molecule has 0 aliphatic rings. The molecule has 0 unspecified atom stereocenters. The number of imidazole rings is 1. The Morgan fingerprint density at radius 2 is 2.00 bits per heavy atom. The Bertz CT molecular complexity index is 764. The monoisotopic (exact) mass is 280 g/mol. The standard InChI is InChI=1S/C16H16N4O/c1-2-20-14-9-4-3-7-12(14)19-15(20)11-18-16(21)13-8-5-6-10-17-13/h3-10H,2,11H2,1H3,(H,18,21). The van der Waals surface area contributed by atoms with Crippen molar-refractivity contribution in [1.29, 1.82) is 0 Å². The number of fused-ring (bicyclic) bond motifs is 1. The summed E-state index contributed by atoms with van der Waals surface area (Å²) in [5.41, 5.74) is 2.44. The van der Waals surface area contributed by atoms with Crippen molar-refractivity contribution in [2.75, 3.05) is 0 Å². The molecule has 0 aliphatic carbocycles. The van der Waals surface area contributed by atoms with Gasteiger partial charge in [-0.15, -0.1) is 0 Å². The van der Waals surface area contributed by atoms with E-state index in [0.29, 0.717) is 12.2 Å². The molecule has 1 aromatic carbocycles. The number of nitrogens with zero attached hydrogens (tertiary/aromatic N) is 3. The first-order chi connectivity index (χ1) is 10.3. The van der Waals surface area contributed by atoms with Gasteiger partial charge in [0.15, 0.2) is 0 Å². The zero-order chi connectivity index (χ0) is 14.7. The third-order valence-corrected chi connectivity index (χ3v) is 3.35. The molecule has 2 heterocycles. The van der Waals surface area contributed by atoms with Gasteiger partial charge in [-0.3, -0.25) is 9.78 Å². The van der Waals surface area contributed by atoms with Crippen molar-refractivity contribution in [3.63, 3.8) is 0 Å². The molecule has 21 heavy (non-hydrogen) atoms. The second-order valence-corrected chi connectivity index (χ2v) is 4.66. The van der Waals surface area contributed by atoms with Gasteiger partial charge in [0.2, 0.25) is 0 Å². The van der Waals surface area contributed by atoms with E-state index in [9.17, 15) is 4.79 Å². The van der Waals surface area contributed by atoms with Crippen LogP contribution in [0.5, 0.6) is 0 Å². The molecule has 0 saturated heterocycles. The summed E-state index contributed by atoms with van der Waals surface area (Å²) >= 11 is 0. The highest BCUT2D eigenvalue weighted by molar-refractivity contribution is 5.92. The minimum absolute atomic E-state index is 0.190. The first-order valence-electron chi connectivity index (χ1n) is 6.93. The van der Waals surface area contributed by atoms with Crippen LogP contribution in [0.3, 0.4) is 0 Å². The molecule has 1 amide bonds. The Morgan fingerprint density at radius 1 is 1.19 bits per heavy atom. The van der Waals surface area contributed by atoms with Gasteiger partial charge in [0, 0.05) is 12.7 Å². The number of aryl methyl sites for hydroxylation is 1. The molecule has 0 spiro atoms. The van der Waals surface area contributed by atoms with E-state index in [4.69, 9.17) is 0 Å². The molecule has 0 bridgehead atoms. The van der Waals surface area contributed by atoms with E-state index in [1.54, 1.807) is 24.4 Å². The molecule has 0 saturated carbocycles. The number of aromatic nitrogens is 3. The van der Waals surface area contributed by atoms with Crippen LogP contribution in [0.2, 0.25) is 0 Å². The molecular weight excluding hydrogens is 264 g/mol. The van der Waals surface area contributed by atoms with Gasteiger partial charge in [0.1, 0.15) is 11.5 Å². The second-order valence-electron chi connectivity index (χ2n) is 4.66. The van der Waals surface area contributed by atoms with Gasteiger partial charge >= 0.3 is 0 Å².